The van der Waals surface area contributed by atoms with Gasteiger partial charge in [0.25, 0.3) is 0 Å². The van der Waals surface area contributed by atoms with Crippen LogP contribution in [0.15, 0.2) is 24.3 Å². The molecule has 124 valence electrons. The number of allylic oxidation sites excluding steroid dienone is 3. The molecule has 0 aromatic rings. The molecule has 3 N–H and O–H groups in total. The molecule has 0 unspecified atom stereocenters. The Balaban J connectivity index is 2.39. The SMILES string of the molecule is C=C/C=C(\CC)[C@H]1CC[C@]2(C)[C@@H](O)CC[C@H]2[C@@H]1[C@H](C)B(O)O. The van der Waals surface area contributed by atoms with Gasteiger partial charge in [-0.25, -0.2) is 0 Å². The van der Waals surface area contributed by atoms with Crippen molar-refractivity contribution in [2.45, 2.75) is 64.8 Å². The molecule has 2 fully saturated rings. The highest BCUT2D eigenvalue weighted by Gasteiger charge is 2.56. The molecule has 0 radical (unpaired) electrons. The molecule has 0 aromatic heterocycles. The molecular weight excluding hydrogens is 275 g/mol. The molecular formula is C18H31BO3. The summed E-state index contributed by atoms with van der Waals surface area (Å²) in [5.41, 5.74) is 1.29. The van der Waals surface area contributed by atoms with Gasteiger partial charge in [-0.05, 0) is 61.1 Å². The van der Waals surface area contributed by atoms with E-state index in [1.807, 2.05) is 13.0 Å². The third-order valence-corrected chi connectivity index (χ3v) is 6.58. The van der Waals surface area contributed by atoms with E-state index in [9.17, 15) is 15.2 Å². The highest BCUT2D eigenvalue weighted by molar-refractivity contribution is 6.43. The second kappa shape index (κ2) is 6.90. The second-order valence-corrected chi connectivity index (χ2v) is 7.53. The van der Waals surface area contributed by atoms with Crippen molar-refractivity contribution in [3.05, 3.63) is 24.3 Å². The van der Waals surface area contributed by atoms with E-state index in [0.717, 1.165) is 32.1 Å². The topological polar surface area (TPSA) is 60.7 Å². The summed E-state index contributed by atoms with van der Waals surface area (Å²) in [6.45, 7) is 10.1. The summed E-state index contributed by atoms with van der Waals surface area (Å²) in [6, 6.07) is 0. The van der Waals surface area contributed by atoms with Crippen molar-refractivity contribution in [3.8, 4) is 0 Å². The van der Waals surface area contributed by atoms with E-state index in [0.29, 0.717) is 11.8 Å². The normalized spacial score (nSPS) is 40.2. The minimum Gasteiger partial charge on any atom is -0.427 e. The fraction of sp³-hybridized carbons (Fsp3) is 0.778. The molecule has 2 aliphatic rings. The zero-order valence-electron chi connectivity index (χ0n) is 14.2. The maximum absolute atomic E-state index is 10.5. The molecule has 6 atom stereocenters. The van der Waals surface area contributed by atoms with Crippen LogP contribution in [0.3, 0.4) is 0 Å². The van der Waals surface area contributed by atoms with Crippen LogP contribution in [0.25, 0.3) is 0 Å². The standard InChI is InChI=1S/C18H31BO3/c1-5-7-13(6-2)14-10-11-18(4)15(8-9-16(18)20)17(14)12(3)19(21)22/h5,7,12,14-17,20-22H,1,6,8-11H2,2-4H3/b13-7+/t12-,14+,15-,16-,17+,18-/m0/s1. The number of hydrogen-bond donors (Lipinski definition) is 3. The summed E-state index contributed by atoms with van der Waals surface area (Å²) in [5, 5.41) is 30.0. The lowest BCUT2D eigenvalue weighted by atomic mass is 9.50. The molecule has 2 aliphatic carbocycles. The summed E-state index contributed by atoms with van der Waals surface area (Å²) < 4.78 is 0. The van der Waals surface area contributed by atoms with Crippen LogP contribution in [0.5, 0.6) is 0 Å². The first kappa shape index (κ1) is 17.8. The smallest absolute Gasteiger partial charge is 0.427 e. The van der Waals surface area contributed by atoms with Crippen LogP contribution in [-0.4, -0.2) is 28.4 Å². The fourth-order valence-electron chi connectivity index (χ4n) is 5.19. The Hall–Kier alpha value is -0.575. The summed E-state index contributed by atoms with van der Waals surface area (Å²) in [6.07, 6.45) is 8.51. The molecule has 0 bridgehead atoms. The van der Waals surface area contributed by atoms with Gasteiger partial charge in [-0.3, -0.25) is 0 Å². The fourth-order valence-corrected chi connectivity index (χ4v) is 5.19. The molecule has 0 aliphatic heterocycles. The van der Waals surface area contributed by atoms with E-state index >= 15 is 0 Å². The molecule has 2 rings (SSSR count). The van der Waals surface area contributed by atoms with Crippen LogP contribution in [-0.2, 0) is 0 Å². The average Bonchev–Trinajstić information content (AvgIpc) is 2.79. The zero-order valence-corrected chi connectivity index (χ0v) is 14.2. The Morgan fingerprint density at radius 2 is 2.05 bits per heavy atom. The van der Waals surface area contributed by atoms with Crippen molar-refractivity contribution in [3.63, 3.8) is 0 Å². The minimum absolute atomic E-state index is 0.0721. The van der Waals surface area contributed by atoms with Crippen molar-refractivity contribution >= 4 is 7.12 Å². The lowest BCUT2D eigenvalue weighted by Crippen LogP contribution is -2.47. The number of aliphatic hydroxyl groups excluding tert-OH is 1. The van der Waals surface area contributed by atoms with Crippen LogP contribution < -0.4 is 0 Å². The van der Waals surface area contributed by atoms with Crippen molar-refractivity contribution in [2.75, 3.05) is 0 Å². The number of fused-ring (bicyclic) bond motifs is 1. The monoisotopic (exact) mass is 306 g/mol. The quantitative estimate of drug-likeness (QED) is 0.540. The van der Waals surface area contributed by atoms with Crippen molar-refractivity contribution in [2.24, 2.45) is 23.2 Å². The van der Waals surface area contributed by atoms with Crippen LogP contribution in [0.1, 0.15) is 52.9 Å². The lowest BCUT2D eigenvalue weighted by Gasteiger charge is -2.50. The van der Waals surface area contributed by atoms with Gasteiger partial charge in [0.1, 0.15) is 0 Å². The Labute approximate surface area is 135 Å². The first-order valence-corrected chi connectivity index (χ1v) is 8.72. The first-order chi connectivity index (χ1) is 10.4. The Morgan fingerprint density at radius 1 is 1.36 bits per heavy atom. The molecule has 0 heterocycles. The molecule has 0 saturated heterocycles. The molecule has 3 nitrogen and oxygen atoms in total. The third-order valence-electron chi connectivity index (χ3n) is 6.58. The van der Waals surface area contributed by atoms with Gasteiger partial charge in [-0.1, -0.05) is 45.1 Å². The predicted molar refractivity (Wildman–Crippen MR) is 91.2 cm³/mol. The second-order valence-electron chi connectivity index (χ2n) is 7.53. The van der Waals surface area contributed by atoms with Crippen LogP contribution in [0, 0.1) is 23.2 Å². The van der Waals surface area contributed by atoms with Gasteiger partial charge < -0.3 is 15.2 Å². The summed E-state index contributed by atoms with van der Waals surface area (Å²) in [7, 11) is -1.30. The van der Waals surface area contributed by atoms with E-state index in [4.69, 9.17) is 0 Å². The van der Waals surface area contributed by atoms with E-state index in [1.165, 1.54) is 5.57 Å². The van der Waals surface area contributed by atoms with Gasteiger partial charge >= 0.3 is 7.12 Å². The number of aliphatic hydroxyl groups is 1. The maximum Gasteiger partial charge on any atom is 0.454 e. The molecule has 0 spiro atoms. The van der Waals surface area contributed by atoms with Gasteiger partial charge in [0.2, 0.25) is 0 Å². The summed E-state index contributed by atoms with van der Waals surface area (Å²) in [4.78, 5) is 0. The molecule has 22 heavy (non-hydrogen) atoms. The van der Waals surface area contributed by atoms with E-state index < -0.39 is 7.12 Å². The van der Waals surface area contributed by atoms with E-state index in [-0.39, 0.29) is 23.3 Å². The summed E-state index contributed by atoms with van der Waals surface area (Å²) >= 11 is 0. The Morgan fingerprint density at radius 3 is 2.59 bits per heavy atom. The lowest BCUT2D eigenvalue weighted by molar-refractivity contribution is -0.0293. The third kappa shape index (κ3) is 2.93. The van der Waals surface area contributed by atoms with Gasteiger partial charge in [0.05, 0.1) is 6.10 Å². The minimum atomic E-state index is -1.30. The molecule has 2 saturated carbocycles. The van der Waals surface area contributed by atoms with Gasteiger partial charge in [0.15, 0.2) is 0 Å². The largest absolute Gasteiger partial charge is 0.454 e. The zero-order chi connectivity index (χ0) is 16.5. The molecule has 0 aromatic carbocycles. The first-order valence-electron chi connectivity index (χ1n) is 8.72. The highest BCUT2D eigenvalue weighted by Crippen LogP contribution is 2.60. The summed E-state index contributed by atoms with van der Waals surface area (Å²) in [5.74, 6) is 0.753. The van der Waals surface area contributed by atoms with Crippen molar-refractivity contribution in [1.82, 2.24) is 0 Å². The van der Waals surface area contributed by atoms with E-state index in [1.54, 1.807) is 0 Å². The van der Waals surface area contributed by atoms with Crippen LogP contribution >= 0.6 is 0 Å². The Bertz CT molecular complexity index is 434. The van der Waals surface area contributed by atoms with Gasteiger partial charge in [-0.15, -0.1) is 0 Å². The van der Waals surface area contributed by atoms with E-state index in [2.05, 4.69) is 26.5 Å². The predicted octanol–water partition coefficient (Wildman–Crippen LogP) is 3.18. The highest BCUT2D eigenvalue weighted by atomic mass is 16.4. The molecule has 0 amide bonds. The van der Waals surface area contributed by atoms with Crippen molar-refractivity contribution < 1.29 is 15.2 Å². The van der Waals surface area contributed by atoms with Gasteiger partial charge in [0, 0.05) is 0 Å². The molecule has 4 heteroatoms. The van der Waals surface area contributed by atoms with Crippen LogP contribution in [0.4, 0.5) is 0 Å². The average molecular weight is 306 g/mol. The Kier molecular flexibility index (Phi) is 5.57. The number of hydrogen-bond acceptors (Lipinski definition) is 3. The maximum atomic E-state index is 10.5. The van der Waals surface area contributed by atoms with Gasteiger partial charge in [-0.2, -0.15) is 0 Å². The number of rotatable bonds is 5. The van der Waals surface area contributed by atoms with Crippen LogP contribution in [0.2, 0.25) is 5.82 Å². The van der Waals surface area contributed by atoms with Crippen molar-refractivity contribution in [1.29, 1.82) is 0 Å².